The maximum atomic E-state index is 12.2. The summed E-state index contributed by atoms with van der Waals surface area (Å²) in [5, 5.41) is 2.94. The highest BCUT2D eigenvalue weighted by atomic mass is 79.9. The number of halogens is 2. The third-order valence-corrected chi connectivity index (χ3v) is 6.10. The lowest BCUT2D eigenvalue weighted by molar-refractivity contribution is 0.103. The Kier molecular flexibility index (Phi) is 4.88. The van der Waals surface area contributed by atoms with Gasteiger partial charge in [0.1, 0.15) is 0 Å². The van der Waals surface area contributed by atoms with Crippen LogP contribution in [-0.4, -0.2) is 20.0 Å². The molecule has 0 fully saturated rings. The predicted molar refractivity (Wildman–Crippen MR) is 93.2 cm³/mol. The SMILES string of the molecule is Cc1cc(N(C)C)ccc1NC(=O)c1cc(Br)c(Br)s1. The summed E-state index contributed by atoms with van der Waals surface area (Å²) in [5.41, 5.74) is 2.99. The van der Waals surface area contributed by atoms with Crippen molar-refractivity contribution in [3.8, 4) is 0 Å². The number of thiophene rings is 1. The Hall–Kier alpha value is -0.850. The normalized spacial score (nSPS) is 10.4. The standard InChI is InChI=1S/C14H14Br2N2OS/c1-8-6-9(18(2)3)4-5-11(8)17-14(19)12-7-10(15)13(16)20-12/h4-7H,1-3H3,(H,17,19). The maximum absolute atomic E-state index is 12.2. The summed E-state index contributed by atoms with van der Waals surface area (Å²) in [7, 11) is 3.99. The number of aryl methyl sites for hydroxylation is 1. The van der Waals surface area contributed by atoms with Crippen molar-refractivity contribution in [1.82, 2.24) is 0 Å². The average Bonchev–Trinajstić information content (AvgIpc) is 2.72. The number of nitrogens with zero attached hydrogens (tertiary/aromatic N) is 1. The van der Waals surface area contributed by atoms with E-state index in [4.69, 9.17) is 0 Å². The van der Waals surface area contributed by atoms with Crippen LogP contribution < -0.4 is 10.2 Å². The van der Waals surface area contributed by atoms with Gasteiger partial charge in [0.25, 0.3) is 5.91 Å². The van der Waals surface area contributed by atoms with Gasteiger partial charge in [0.15, 0.2) is 0 Å². The summed E-state index contributed by atoms with van der Waals surface area (Å²) in [4.78, 5) is 14.9. The summed E-state index contributed by atoms with van der Waals surface area (Å²) in [6, 6.07) is 7.78. The van der Waals surface area contributed by atoms with E-state index in [0.717, 1.165) is 25.2 Å². The molecule has 0 aliphatic heterocycles. The van der Waals surface area contributed by atoms with Crippen LogP contribution in [0.25, 0.3) is 0 Å². The smallest absolute Gasteiger partial charge is 0.265 e. The zero-order valence-electron chi connectivity index (χ0n) is 11.3. The third kappa shape index (κ3) is 3.42. The van der Waals surface area contributed by atoms with Crippen LogP contribution in [0.2, 0.25) is 0 Å². The Bertz CT molecular complexity index is 633. The summed E-state index contributed by atoms with van der Waals surface area (Å²) < 4.78 is 1.81. The molecule has 0 spiro atoms. The fourth-order valence-electron chi connectivity index (χ4n) is 1.71. The van der Waals surface area contributed by atoms with Crippen LogP contribution in [0.1, 0.15) is 15.2 Å². The van der Waals surface area contributed by atoms with Gasteiger partial charge in [-0.15, -0.1) is 11.3 Å². The van der Waals surface area contributed by atoms with E-state index >= 15 is 0 Å². The number of rotatable bonds is 3. The summed E-state index contributed by atoms with van der Waals surface area (Å²) in [5.74, 6) is -0.0953. The second-order valence-corrected chi connectivity index (χ2v) is 7.80. The van der Waals surface area contributed by atoms with Crippen LogP contribution in [-0.2, 0) is 0 Å². The zero-order valence-corrected chi connectivity index (χ0v) is 15.3. The van der Waals surface area contributed by atoms with Gasteiger partial charge >= 0.3 is 0 Å². The lowest BCUT2D eigenvalue weighted by Gasteiger charge is -2.15. The Morgan fingerprint density at radius 1 is 1.25 bits per heavy atom. The van der Waals surface area contributed by atoms with Crippen molar-refractivity contribution in [2.75, 3.05) is 24.3 Å². The van der Waals surface area contributed by atoms with Crippen molar-refractivity contribution in [1.29, 1.82) is 0 Å². The van der Waals surface area contributed by atoms with E-state index in [1.165, 1.54) is 11.3 Å². The molecule has 0 saturated heterocycles. The number of carbonyl (C=O) groups is 1. The first-order valence-corrected chi connectivity index (χ1v) is 8.33. The van der Waals surface area contributed by atoms with Gasteiger partial charge in [-0.2, -0.15) is 0 Å². The first-order chi connectivity index (χ1) is 9.38. The molecule has 1 aromatic carbocycles. The summed E-state index contributed by atoms with van der Waals surface area (Å²) in [6.45, 7) is 1.99. The van der Waals surface area contributed by atoms with Gasteiger partial charge in [0, 0.05) is 29.9 Å². The number of anilines is 2. The van der Waals surface area contributed by atoms with E-state index in [1.54, 1.807) is 0 Å². The first-order valence-electron chi connectivity index (χ1n) is 5.92. The van der Waals surface area contributed by atoms with Crippen molar-refractivity contribution < 1.29 is 4.79 Å². The van der Waals surface area contributed by atoms with Crippen LogP contribution in [0.15, 0.2) is 32.5 Å². The fraction of sp³-hybridized carbons (Fsp3) is 0.214. The van der Waals surface area contributed by atoms with E-state index < -0.39 is 0 Å². The molecule has 0 aliphatic rings. The number of benzene rings is 1. The zero-order chi connectivity index (χ0) is 14.9. The highest BCUT2D eigenvalue weighted by Crippen LogP contribution is 2.33. The summed E-state index contributed by atoms with van der Waals surface area (Å²) >= 11 is 8.19. The van der Waals surface area contributed by atoms with Crippen molar-refractivity contribution in [3.05, 3.63) is 43.0 Å². The number of amides is 1. The van der Waals surface area contributed by atoms with Gasteiger partial charge < -0.3 is 10.2 Å². The summed E-state index contributed by atoms with van der Waals surface area (Å²) in [6.07, 6.45) is 0. The molecule has 0 saturated carbocycles. The molecule has 0 unspecified atom stereocenters. The van der Waals surface area contributed by atoms with E-state index in [9.17, 15) is 4.79 Å². The minimum atomic E-state index is -0.0953. The molecule has 0 atom stereocenters. The minimum Gasteiger partial charge on any atom is -0.378 e. The van der Waals surface area contributed by atoms with Crippen molar-refractivity contribution in [2.24, 2.45) is 0 Å². The molecular formula is C14H14Br2N2OS. The van der Waals surface area contributed by atoms with Gasteiger partial charge in [-0.25, -0.2) is 0 Å². The average molecular weight is 418 g/mol. The molecule has 20 heavy (non-hydrogen) atoms. The van der Waals surface area contributed by atoms with Crippen molar-refractivity contribution in [3.63, 3.8) is 0 Å². The molecule has 0 aliphatic carbocycles. The topological polar surface area (TPSA) is 32.3 Å². The first kappa shape index (κ1) is 15.5. The van der Waals surface area contributed by atoms with Crippen molar-refractivity contribution >= 4 is 60.5 Å². The van der Waals surface area contributed by atoms with E-state index in [0.29, 0.717) is 4.88 Å². The Labute approximate surface area is 139 Å². The van der Waals surface area contributed by atoms with Gasteiger partial charge in [-0.3, -0.25) is 4.79 Å². The van der Waals surface area contributed by atoms with Crippen LogP contribution in [0, 0.1) is 6.92 Å². The molecule has 2 rings (SSSR count). The third-order valence-electron chi connectivity index (χ3n) is 2.84. The number of hydrogen-bond donors (Lipinski definition) is 1. The highest BCUT2D eigenvalue weighted by Gasteiger charge is 2.13. The molecule has 0 bridgehead atoms. The minimum absolute atomic E-state index is 0.0953. The van der Waals surface area contributed by atoms with Crippen LogP contribution in [0.5, 0.6) is 0 Å². The van der Waals surface area contributed by atoms with Gasteiger partial charge in [-0.05, 0) is 68.6 Å². The molecular weight excluding hydrogens is 404 g/mol. The maximum Gasteiger partial charge on any atom is 0.265 e. The van der Waals surface area contributed by atoms with E-state index in [2.05, 4.69) is 43.2 Å². The van der Waals surface area contributed by atoms with Crippen LogP contribution >= 0.6 is 43.2 Å². The van der Waals surface area contributed by atoms with Crippen LogP contribution in [0.4, 0.5) is 11.4 Å². The van der Waals surface area contributed by atoms with E-state index in [1.807, 2.05) is 44.1 Å². The largest absolute Gasteiger partial charge is 0.378 e. The highest BCUT2D eigenvalue weighted by molar-refractivity contribution is 9.13. The quantitative estimate of drug-likeness (QED) is 0.770. The van der Waals surface area contributed by atoms with Gasteiger partial charge in [0.05, 0.1) is 8.66 Å². The molecule has 106 valence electrons. The molecule has 1 heterocycles. The van der Waals surface area contributed by atoms with Gasteiger partial charge in [0.2, 0.25) is 0 Å². The number of nitrogens with one attached hydrogen (secondary N) is 1. The monoisotopic (exact) mass is 416 g/mol. The molecule has 0 radical (unpaired) electrons. The number of hydrogen-bond acceptors (Lipinski definition) is 3. The predicted octanol–water partition coefficient (Wildman–Crippen LogP) is 4.90. The molecule has 1 N–H and O–H groups in total. The molecule has 3 nitrogen and oxygen atoms in total. The molecule has 1 aromatic heterocycles. The van der Waals surface area contributed by atoms with Crippen molar-refractivity contribution in [2.45, 2.75) is 6.92 Å². The molecule has 6 heteroatoms. The lowest BCUT2D eigenvalue weighted by atomic mass is 10.1. The second kappa shape index (κ2) is 6.28. The lowest BCUT2D eigenvalue weighted by Crippen LogP contribution is -2.12. The fourth-order valence-corrected chi connectivity index (χ4v) is 3.64. The van der Waals surface area contributed by atoms with E-state index in [-0.39, 0.29) is 5.91 Å². The van der Waals surface area contributed by atoms with Crippen LogP contribution in [0.3, 0.4) is 0 Å². The molecule has 2 aromatic rings. The second-order valence-electron chi connectivity index (χ2n) is 4.58. The Balaban J connectivity index is 2.19. The Morgan fingerprint density at radius 2 is 1.95 bits per heavy atom. The molecule has 1 amide bonds. The van der Waals surface area contributed by atoms with Gasteiger partial charge in [-0.1, -0.05) is 0 Å². The Morgan fingerprint density at radius 3 is 2.45 bits per heavy atom. The number of carbonyl (C=O) groups excluding carboxylic acids is 1.